The molecule has 1 aromatic heterocycles. The highest BCUT2D eigenvalue weighted by Gasteiger charge is 2.21. The zero-order valence-corrected chi connectivity index (χ0v) is 17.4. The van der Waals surface area contributed by atoms with E-state index in [-0.39, 0.29) is 17.3 Å². The lowest BCUT2D eigenvalue weighted by Crippen LogP contribution is -2.23. The second kappa shape index (κ2) is 8.34. The molecule has 3 aromatic rings. The van der Waals surface area contributed by atoms with Gasteiger partial charge < -0.3 is 13.9 Å². The molecule has 0 amide bonds. The number of methoxy groups -OCH3 is 2. The largest absolute Gasteiger partial charge is 0.493 e. The second-order valence-electron chi connectivity index (χ2n) is 5.74. The molecule has 0 aliphatic heterocycles. The van der Waals surface area contributed by atoms with Crippen molar-refractivity contribution < 1.29 is 26.7 Å². The normalized spacial score (nSPS) is 11.4. The minimum Gasteiger partial charge on any atom is -0.493 e. The molecule has 148 valence electrons. The summed E-state index contributed by atoms with van der Waals surface area (Å²) < 4.78 is 57.2. The van der Waals surface area contributed by atoms with E-state index in [2.05, 4.69) is 20.7 Å². The summed E-state index contributed by atoms with van der Waals surface area (Å²) in [5.74, 6) is 1.29. The molecule has 1 N–H and O–H groups in total. The van der Waals surface area contributed by atoms with Crippen LogP contribution in [0.4, 0.5) is 4.39 Å². The molecule has 0 fully saturated rings. The average Bonchev–Trinajstić information content (AvgIpc) is 3.15. The van der Waals surface area contributed by atoms with Crippen molar-refractivity contribution in [1.82, 2.24) is 4.72 Å². The minimum absolute atomic E-state index is 0.00969. The Kier molecular flexibility index (Phi) is 6.07. The first-order valence-electron chi connectivity index (χ1n) is 8.10. The predicted octanol–water partition coefficient (Wildman–Crippen LogP) is 4.34. The van der Waals surface area contributed by atoms with Crippen molar-refractivity contribution in [3.8, 4) is 22.8 Å². The lowest BCUT2D eigenvalue weighted by Gasteiger charge is -2.12. The van der Waals surface area contributed by atoms with Crippen LogP contribution in [0.3, 0.4) is 0 Å². The molecule has 0 radical (unpaired) electrons. The van der Waals surface area contributed by atoms with E-state index < -0.39 is 10.0 Å². The van der Waals surface area contributed by atoms with Crippen molar-refractivity contribution >= 4 is 26.0 Å². The number of ether oxygens (including phenoxy) is 2. The van der Waals surface area contributed by atoms with Gasteiger partial charge in [0.05, 0.1) is 20.8 Å². The van der Waals surface area contributed by atoms with Crippen LogP contribution in [0.5, 0.6) is 11.5 Å². The van der Waals surface area contributed by atoms with Gasteiger partial charge in [0.15, 0.2) is 11.5 Å². The molecule has 0 saturated heterocycles. The zero-order valence-electron chi connectivity index (χ0n) is 15.0. The number of rotatable bonds is 7. The SMILES string of the molecule is COc1cc(Br)c(S(=O)(=O)NCc2ccc(-c3ccc(F)cc3)o2)cc1OC. The van der Waals surface area contributed by atoms with Crippen molar-refractivity contribution in [2.75, 3.05) is 14.2 Å². The lowest BCUT2D eigenvalue weighted by molar-refractivity contribution is 0.353. The Morgan fingerprint density at radius 3 is 2.32 bits per heavy atom. The highest BCUT2D eigenvalue weighted by molar-refractivity contribution is 9.10. The van der Waals surface area contributed by atoms with Crippen LogP contribution in [0, 0.1) is 5.82 Å². The first-order valence-corrected chi connectivity index (χ1v) is 10.4. The summed E-state index contributed by atoms with van der Waals surface area (Å²) >= 11 is 3.25. The summed E-state index contributed by atoms with van der Waals surface area (Å²) in [5.41, 5.74) is 0.693. The third-order valence-electron chi connectivity index (χ3n) is 3.95. The molecular formula is C19H17BrFNO5S. The Labute approximate surface area is 170 Å². The Morgan fingerprint density at radius 1 is 1.04 bits per heavy atom. The summed E-state index contributed by atoms with van der Waals surface area (Å²) in [6.45, 7) is -0.0513. The first-order chi connectivity index (χ1) is 13.3. The van der Waals surface area contributed by atoms with Crippen molar-refractivity contribution in [1.29, 1.82) is 0 Å². The summed E-state index contributed by atoms with van der Waals surface area (Å²) in [6, 6.07) is 12.1. The Balaban J connectivity index is 1.78. The van der Waals surface area contributed by atoms with E-state index in [9.17, 15) is 12.8 Å². The van der Waals surface area contributed by atoms with Crippen LogP contribution in [0.1, 0.15) is 5.76 Å². The van der Waals surface area contributed by atoms with Crippen LogP contribution in [-0.2, 0) is 16.6 Å². The smallest absolute Gasteiger partial charge is 0.242 e. The zero-order chi connectivity index (χ0) is 20.3. The van der Waals surface area contributed by atoms with Gasteiger partial charge in [-0.15, -0.1) is 0 Å². The van der Waals surface area contributed by atoms with Gasteiger partial charge in [-0.3, -0.25) is 0 Å². The van der Waals surface area contributed by atoms with Crippen LogP contribution in [0.2, 0.25) is 0 Å². The summed E-state index contributed by atoms with van der Waals surface area (Å²) in [5, 5.41) is 0. The molecule has 0 unspecified atom stereocenters. The number of furan rings is 1. The highest BCUT2D eigenvalue weighted by atomic mass is 79.9. The van der Waals surface area contributed by atoms with Crippen molar-refractivity contribution in [2.45, 2.75) is 11.4 Å². The molecule has 1 heterocycles. The Hall–Kier alpha value is -2.36. The fourth-order valence-corrected chi connectivity index (χ4v) is 4.55. The van der Waals surface area contributed by atoms with E-state index in [1.165, 1.54) is 38.5 Å². The molecule has 6 nitrogen and oxygen atoms in total. The van der Waals surface area contributed by atoms with Gasteiger partial charge >= 0.3 is 0 Å². The fraction of sp³-hybridized carbons (Fsp3) is 0.158. The highest BCUT2D eigenvalue weighted by Crippen LogP contribution is 2.35. The first kappa shape index (κ1) is 20.4. The predicted molar refractivity (Wildman–Crippen MR) is 105 cm³/mol. The molecular weight excluding hydrogens is 453 g/mol. The number of halogens is 2. The molecule has 0 atom stereocenters. The molecule has 0 aliphatic carbocycles. The number of sulfonamides is 1. The average molecular weight is 470 g/mol. The molecule has 28 heavy (non-hydrogen) atoms. The molecule has 2 aromatic carbocycles. The monoisotopic (exact) mass is 469 g/mol. The van der Waals surface area contributed by atoms with Gasteiger partial charge in [-0.1, -0.05) is 0 Å². The lowest BCUT2D eigenvalue weighted by atomic mass is 10.2. The van der Waals surface area contributed by atoms with Crippen LogP contribution in [-0.4, -0.2) is 22.6 Å². The molecule has 0 saturated carbocycles. The van der Waals surface area contributed by atoms with E-state index in [0.29, 0.717) is 33.1 Å². The van der Waals surface area contributed by atoms with Gasteiger partial charge in [0.1, 0.15) is 22.2 Å². The summed E-state index contributed by atoms with van der Waals surface area (Å²) in [4.78, 5) is 0.00969. The van der Waals surface area contributed by atoms with E-state index >= 15 is 0 Å². The number of benzene rings is 2. The Bertz CT molecular complexity index is 1080. The molecule has 0 bridgehead atoms. The number of hydrogen-bond donors (Lipinski definition) is 1. The van der Waals surface area contributed by atoms with Gasteiger partial charge in [0.25, 0.3) is 0 Å². The van der Waals surface area contributed by atoms with Gasteiger partial charge in [-0.2, -0.15) is 0 Å². The van der Waals surface area contributed by atoms with Crippen LogP contribution < -0.4 is 14.2 Å². The maximum absolute atomic E-state index is 13.0. The topological polar surface area (TPSA) is 77.8 Å². The quantitative estimate of drug-likeness (QED) is 0.556. The van der Waals surface area contributed by atoms with Gasteiger partial charge in [-0.25, -0.2) is 17.5 Å². The summed E-state index contributed by atoms with van der Waals surface area (Å²) in [6.07, 6.45) is 0. The molecule has 9 heteroatoms. The maximum Gasteiger partial charge on any atom is 0.242 e. The standard InChI is InChI=1S/C19H17BrFNO5S/c1-25-17-9-15(20)19(10-18(17)26-2)28(23,24)22-11-14-7-8-16(27-14)12-3-5-13(21)6-4-12/h3-10,22H,11H2,1-2H3. The Morgan fingerprint density at radius 2 is 1.68 bits per heavy atom. The van der Waals surface area contributed by atoms with Gasteiger partial charge in [0.2, 0.25) is 10.0 Å². The van der Waals surface area contributed by atoms with Crippen molar-refractivity contribution in [2.24, 2.45) is 0 Å². The third-order valence-corrected chi connectivity index (χ3v) is 6.31. The number of hydrogen-bond acceptors (Lipinski definition) is 5. The van der Waals surface area contributed by atoms with Gasteiger partial charge in [-0.05, 0) is 58.4 Å². The van der Waals surface area contributed by atoms with E-state index in [1.807, 2.05) is 0 Å². The van der Waals surface area contributed by atoms with E-state index in [4.69, 9.17) is 13.9 Å². The van der Waals surface area contributed by atoms with Crippen molar-refractivity contribution in [3.63, 3.8) is 0 Å². The van der Waals surface area contributed by atoms with Crippen LogP contribution in [0.25, 0.3) is 11.3 Å². The van der Waals surface area contributed by atoms with E-state index in [0.717, 1.165) is 0 Å². The van der Waals surface area contributed by atoms with Gasteiger partial charge in [0, 0.05) is 16.1 Å². The van der Waals surface area contributed by atoms with Crippen molar-refractivity contribution in [3.05, 3.63) is 64.6 Å². The minimum atomic E-state index is -3.85. The molecule has 3 rings (SSSR count). The maximum atomic E-state index is 13.0. The number of nitrogens with one attached hydrogen (secondary N) is 1. The van der Waals surface area contributed by atoms with E-state index in [1.54, 1.807) is 24.3 Å². The molecule has 0 aliphatic rings. The van der Waals surface area contributed by atoms with Crippen LogP contribution >= 0.6 is 15.9 Å². The second-order valence-corrected chi connectivity index (χ2v) is 8.32. The van der Waals surface area contributed by atoms with Crippen LogP contribution in [0.15, 0.2) is 62.3 Å². The molecule has 0 spiro atoms. The summed E-state index contributed by atoms with van der Waals surface area (Å²) in [7, 11) is -0.959. The third kappa shape index (κ3) is 4.37. The fourth-order valence-electron chi connectivity index (χ4n) is 2.53.